The highest BCUT2D eigenvalue weighted by Gasteiger charge is 1.97. The molecule has 0 aromatic rings. The first-order valence-corrected chi connectivity index (χ1v) is 6.19. The minimum atomic E-state index is -0.317. The second-order valence-corrected chi connectivity index (χ2v) is 4.27. The lowest BCUT2D eigenvalue weighted by Crippen LogP contribution is -2.08. The van der Waals surface area contributed by atoms with Crippen LogP contribution >= 0.6 is 0 Å². The van der Waals surface area contributed by atoms with E-state index in [-0.39, 0.29) is 9.52 Å². The molecule has 12 heavy (non-hydrogen) atoms. The van der Waals surface area contributed by atoms with Crippen LogP contribution in [0.4, 0.5) is 0 Å². The van der Waals surface area contributed by atoms with Gasteiger partial charge in [0.2, 0.25) is 0 Å². The van der Waals surface area contributed by atoms with Gasteiger partial charge in [-0.1, -0.05) is 0 Å². The molecule has 0 saturated heterocycles. The quantitative estimate of drug-likeness (QED) is 0.466. The summed E-state index contributed by atoms with van der Waals surface area (Å²) < 4.78 is 10.5. The van der Waals surface area contributed by atoms with E-state index in [2.05, 4.69) is 0 Å². The summed E-state index contributed by atoms with van der Waals surface area (Å²) in [7, 11) is -0.317. The van der Waals surface area contributed by atoms with Crippen LogP contribution in [0.5, 0.6) is 0 Å². The van der Waals surface area contributed by atoms with Gasteiger partial charge >= 0.3 is 0 Å². The Labute approximate surface area is 76.7 Å². The molecule has 0 heterocycles. The van der Waals surface area contributed by atoms with Crippen LogP contribution in [0.2, 0.25) is 6.04 Å². The lowest BCUT2D eigenvalue weighted by atomic mass is 10.8. The largest absolute Gasteiger partial charge is 0.501 e. The molecule has 0 fully saturated rings. The molecule has 0 unspecified atom stereocenters. The highest BCUT2D eigenvalue weighted by molar-refractivity contribution is 6.44. The smallest absolute Gasteiger partial charge is 0.115 e. The molecule has 0 aromatic heterocycles. The van der Waals surface area contributed by atoms with Gasteiger partial charge in [-0.3, -0.25) is 0 Å². The predicted molar refractivity (Wildman–Crippen MR) is 53.7 cm³/mol. The molecule has 0 aliphatic heterocycles. The number of rotatable bonds is 7. The zero-order valence-electron chi connectivity index (χ0n) is 8.01. The van der Waals surface area contributed by atoms with E-state index in [4.69, 9.17) is 15.2 Å². The summed E-state index contributed by atoms with van der Waals surface area (Å²) in [5.74, 6) is 0. The Hall–Kier alpha value is -0.483. The van der Waals surface area contributed by atoms with Crippen LogP contribution in [0.25, 0.3) is 0 Å². The molecule has 0 aliphatic carbocycles. The van der Waals surface area contributed by atoms with E-state index in [1.165, 1.54) is 0 Å². The number of nitrogens with two attached hydrogens (primary N) is 1. The van der Waals surface area contributed by atoms with Crippen molar-refractivity contribution in [2.45, 2.75) is 19.9 Å². The first kappa shape index (κ1) is 11.5. The SMILES string of the molecule is CCOC=C(OCC)[SiH2]CCN. The normalized spacial score (nSPS) is 12.4. The van der Waals surface area contributed by atoms with Gasteiger partial charge < -0.3 is 15.2 Å². The number of ether oxygens (including phenoxy) is 2. The molecule has 0 radical (unpaired) electrons. The fraction of sp³-hybridized carbons (Fsp3) is 0.750. The van der Waals surface area contributed by atoms with Crippen molar-refractivity contribution >= 4 is 9.52 Å². The topological polar surface area (TPSA) is 44.5 Å². The standard InChI is InChI=1S/C8H19NO2Si/c1-3-10-7-8(11-4-2)12-6-5-9/h7H,3-6,9,12H2,1-2H3. The van der Waals surface area contributed by atoms with E-state index in [0.717, 1.165) is 24.6 Å². The highest BCUT2D eigenvalue weighted by atomic mass is 28.2. The Balaban J connectivity index is 3.68. The molecule has 2 N–H and O–H groups in total. The van der Waals surface area contributed by atoms with E-state index in [9.17, 15) is 0 Å². The van der Waals surface area contributed by atoms with Crippen molar-refractivity contribution in [1.29, 1.82) is 0 Å². The minimum absolute atomic E-state index is 0.317. The average molecular weight is 189 g/mol. The van der Waals surface area contributed by atoms with E-state index in [0.29, 0.717) is 6.61 Å². The molecule has 0 atom stereocenters. The number of hydrogen-bond acceptors (Lipinski definition) is 3. The highest BCUT2D eigenvalue weighted by Crippen LogP contribution is 1.97. The van der Waals surface area contributed by atoms with Gasteiger partial charge in [-0.15, -0.1) is 0 Å². The van der Waals surface area contributed by atoms with Gasteiger partial charge in [-0.25, -0.2) is 0 Å². The second kappa shape index (κ2) is 8.61. The zero-order valence-corrected chi connectivity index (χ0v) is 9.42. The third-order valence-electron chi connectivity index (χ3n) is 1.34. The Bertz CT molecular complexity index is 128. The second-order valence-electron chi connectivity index (χ2n) is 2.36. The molecule has 0 amide bonds. The fourth-order valence-corrected chi connectivity index (χ4v) is 1.94. The van der Waals surface area contributed by atoms with Gasteiger partial charge in [0.1, 0.15) is 21.2 Å². The Morgan fingerprint density at radius 3 is 2.67 bits per heavy atom. The van der Waals surface area contributed by atoms with Crippen LogP contribution in [-0.2, 0) is 9.47 Å². The zero-order chi connectivity index (χ0) is 9.23. The van der Waals surface area contributed by atoms with Gasteiger partial charge in [-0.2, -0.15) is 0 Å². The molecule has 0 bridgehead atoms. The van der Waals surface area contributed by atoms with E-state index >= 15 is 0 Å². The van der Waals surface area contributed by atoms with Crippen molar-refractivity contribution in [3.8, 4) is 0 Å². The summed E-state index contributed by atoms with van der Waals surface area (Å²) in [6.45, 7) is 6.12. The van der Waals surface area contributed by atoms with Crippen molar-refractivity contribution in [3.63, 3.8) is 0 Å². The van der Waals surface area contributed by atoms with Crippen molar-refractivity contribution in [3.05, 3.63) is 11.6 Å². The van der Waals surface area contributed by atoms with Crippen LogP contribution in [0, 0.1) is 0 Å². The summed E-state index contributed by atoms with van der Waals surface area (Å²) in [6.07, 6.45) is 1.74. The Morgan fingerprint density at radius 1 is 1.42 bits per heavy atom. The van der Waals surface area contributed by atoms with Gasteiger partial charge in [0.25, 0.3) is 0 Å². The molecule has 0 aromatic carbocycles. The minimum Gasteiger partial charge on any atom is -0.501 e. The lowest BCUT2D eigenvalue weighted by molar-refractivity contribution is 0.210. The molecular weight excluding hydrogens is 170 g/mol. The van der Waals surface area contributed by atoms with Crippen molar-refractivity contribution < 1.29 is 9.47 Å². The van der Waals surface area contributed by atoms with E-state index < -0.39 is 0 Å². The molecule has 0 spiro atoms. The first-order valence-electron chi connectivity index (χ1n) is 4.48. The van der Waals surface area contributed by atoms with Gasteiger partial charge in [0, 0.05) is 0 Å². The molecule has 72 valence electrons. The van der Waals surface area contributed by atoms with Crippen molar-refractivity contribution in [2.75, 3.05) is 19.8 Å². The maximum absolute atomic E-state index is 5.41. The fourth-order valence-electron chi connectivity index (χ4n) is 0.803. The molecular formula is C8H19NO2Si. The van der Waals surface area contributed by atoms with Gasteiger partial charge in [-0.05, 0) is 26.4 Å². The molecule has 0 saturated carbocycles. The molecule has 4 heteroatoms. The molecule has 0 rings (SSSR count). The Morgan fingerprint density at radius 2 is 2.17 bits per heavy atom. The van der Waals surface area contributed by atoms with Crippen molar-refractivity contribution in [1.82, 2.24) is 0 Å². The third kappa shape index (κ3) is 6.24. The van der Waals surface area contributed by atoms with Gasteiger partial charge in [0.05, 0.1) is 13.2 Å². The van der Waals surface area contributed by atoms with Crippen LogP contribution in [0.3, 0.4) is 0 Å². The van der Waals surface area contributed by atoms with Crippen LogP contribution < -0.4 is 5.73 Å². The summed E-state index contributed by atoms with van der Waals surface area (Å²) in [5.41, 5.74) is 5.41. The van der Waals surface area contributed by atoms with Crippen LogP contribution in [0.15, 0.2) is 11.6 Å². The summed E-state index contributed by atoms with van der Waals surface area (Å²) >= 11 is 0. The van der Waals surface area contributed by atoms with Crippen LogP contribution in [-0.4, -0.2) is 29.3 Å². The molecule has 3 nitrogen and oxygen atoms in total. The van der Waals surface area contributed by atoms with E-state index in [1.807, 2.05) is 13.8 Å². The maximum atomic E-state index is 5.41. The first-order chi connectivity index (χ1) is 5.85. The summed E-state index contributed by atoms with van der Waals surface area (Å²) in [6, 6.07) is 1.08. The maximum Gasteiger partial charge on any atom is 0.115 e. The molecule has 0 aliphatic rings. The Kier molecular flexibility index (Phi) is 8.27. The lowest BCUT2D eigenvalue weighted by Gasteiger charge is -2.07. The summed E-state index contributed by atoms with van der Waals surface area (Å²) in [5, 5.41) is 1.03. The van der Waals surface area contributed by atoms with Crippen LogP contribution in [0.1, 0.15) is 13.8 Å². The van der Waals surface area contributed by atoms with E-state index in [1.54, 1.807) is 6.26 Å². The summed E-state index contributed by atoms with van der Waals surface area (Å²) in [4.78, 5) is 0. The third-order valence-corrected chi connectivity index (χ3v) is 2.96. The number of hydrogen-bond donors (Lipinski definition) is 1. The monoisotopic (exact) mass is 189 g/mol. The predicted octanol–water partition coefficient (Wildman–Crippen LogP) is 0.404. The van der Waals surface area contributed by atoms with Gasteiger partial charge in [0.15, 0.2) is 0 Å². The average Bonchev–Trinajstić information content (AvgIpc) is 2.10. The van der Waals surface area contributed by atoms with Crippen molar-refractivity contribution in [2.24, 2.45) is 5.73 Å².